The standard InChI is InChI=1S/C14H19N5O/c1-15-14(20)11-7-16-13-10(8-17-19-13)12(11)18-9-5-3-2-4-6-9/h7-9H,2-6H2,1H3,(H,15,20)(H2,16,17,18,19). The summed E-state index contributed by atoms with van der Waals surface area (Å²) in [7, 11) is 1.63. The van der Waals surface area contributed by atoms with Gasteiger partial charge in [0.25, 0.3) is 5.91 Å². The van der Waals surface area contributed by atoms with Gasteiger partial charge in [-0.15, -0.1) is 0 Å². The first-order valence-electron chi connectivity index (χ1n) is 7.10. The van der Waals surface area contributed by atoms with E-state index in [1.54, 1.807) is 19.4 Å². The van der Waals surface area contributed by atoms with Crippen molar-refractivity contribution in [2.24, 2.45) is 0 Å². The molecule has 1 amide bonds. The highest BCUT2D eigenvalue weighted by Gasteiger charge is 2.20. The summed E-state index contributed by atoms with van der Waals surface area (Å²) in [6.45, 7) is 0. The van der Waals surface area contributed by atoms with Gasteiger partial charge in [-0.1, -0.05) is 19.3 Å². The van der Waals surface area contributed by atoms with Gasteiger partial charge in [-0.25, -0.2) is 4.98 Å². The van der Waals surface area contributed by atoms with Crippen LogP contribution in [0.25, 0.3) is 11.0 Å². The lowest BCUT2D eigenvalue weighted by Crippen LogP contribution is -2.26. The number of pyridine rings is 1. The number of hydrogen-bond donors (Lipinski definition) is 3. The zero-order chi connectivity index (χ0) is 13.9. The van der Waals surface area contributed by atoms with Gasteiger partial charge < -0.3 is 10.6 Å². The number of fused-ring (bicyclic) bond motifs is 1. The lowest BCUT2D eigenvalue weighted by Gasteiger charge is -2.25. The van der Waals surface area contributed by atoms with E-state index in [1.807, 2.05) is 0 Å². The first-order chi connectivity index (χ1) is 9.79. The Labute approximate surface area is 117 Å². The third-order valence-corrected chi connectivity index (χ3v) is 3.91. The van der Waals surface area contributed by atoms with Crippen molar-refractivity contribution < 1.29 is 4.79 Å². The predicted molar refractivity (Wildman–Crippen MR) is 77.8 cm³/mol. The van der Waals surface area contributed by atoms with Crippen LogP contribution in [-0.4, -0.2) is 34.2 Å². The topological polar surface area (TPSA) is 82.7 Å². The lowest BCUT2D eigenvalue weighted by atomic mass is 9.95. The van der Waals surface area contributed by atoms with Crippen molar-refractivity contribution in [3.8, 4) is 0 Å². The Bertz CT molecular complexity index is 615. The zero-order valence-corrected chi connectivity index (χ0v) is 11.6. The largest absolute Gasteiger partial charge is 0.381 e. The molecule has 0 atom stereocenters. The number of amides is 1. The fraction of sp³-hybridized carbons (Fsp3) is 0.500. The smallest absolute Gasteiger partial charge is 0.254 e. The minimum Gasteiger partial charge on any atom is -0.381 e. The maximum atomic E-state index is 12.0. The van der Waals surface area contributed by atoms with Crippen LogP contribution >= 0.6 is 0 Å². The highest BCUT2D eigenvalue weighted by molar-refractivity contribution is 6.06. The molecule has 0 aromatic carbocycles. The zero-order valence-electron chi connectivity index (χ0n) is 11.6. The van der Waals surface area contributed by atoms with Crippen LogP contribution in [0.1, 0.15) is 42.5 Å². The number of nitrogens with zero attached hydrogens (tertiary/aromatic N) is 2. The molecule has 0 aliphatic heterocycles. The Balaban J connectivity index is 2.00. The molecule has 20 heavy (non-hydrogen) atoms. The summed E-state index contributed by atoms with van der Waals surface area (Å²) < 4.78 is 0. The van der Waals surface area contributed by atoms with Gasteiger partial charge in [0.1, 0.15) is 0 Å². The number of carbonyl (C=O) groups is 1. The lowest BCUT2D eigenvalue weighted by molar-refractivity contribution is 0.0963. The average molecular weight is 273 g/mol. The van der Waals surface area contributed by atoms with E-state index in [4.69, 9.17) is 0 Å². The van der Waals surface area contributed by atoms with Crippen LogP contribution in [-0.2, 0) is 0 Å². The summed E-state index contributed by atoms with van der Waals surface area (Å²) in [5, 5.41) is 13.9. The summed E-state index contributed by atoms with van der Waals surface area (Å²) in [5.41, 5.74) is 2.12. The summed E-state index contributed by atoms with van der Waals surface area (Å²) in [4.78, 5) is 16.3. The van der Waals surface area contributed by atoms with Crippen LogP contribution in [0.4, 0.5) is 5.69 Å². The van der Waals surface area contributed by atoms with Crippen LogP contribution in [0.2, 0.25) is 0 Å². The van der Waals surface area contributed by atoms with E-state index in [0.29, 0.717) is 17.3 Å². The number of carbonyl (C=O) groups excluding carboxylic acids is 1. The molecular formula is C14H19N5O. The average Bonchev–Trinajstić information content (AvgIpc) is 2.97. The van der Waals surface area contributed by atoms with Gasteiger partial charge in [0.15, 0.2) is 5.65 Å². The molecule has 0 unspecified atom stereocenters. The Kier molecular flexibility index (Phi) is 3.54. The molecule has 3 N–H and O–H groups in total. The fourth-order valence-electron chi connectivity index (χ4n) is 2.81. The first-order valence-corrected chi connectivity index (χ1v) is 7.10. The third kappa shape index (κ3) is 2.33. The van der Waals surface area contributed by atoms with E-state index in [-0.39, 0.29) is 5.91 Å². The summed E-state index contributed by atoms with van der Waals surface area (Å²) in [5.74, 6) is -0.126. The number of anilines is 1. The van der Waals surface area contributed by atoms with E-state index >= 15 is 0 Å². The molecule has 2 heterocycles. The number of nitrogens with one attached hydrogen (secondary N) is 3. The van der Waals surface area contributed by atoms with Gasteiger partial charge >= 0.3 is 0 Å². The van der Waals surface area contributed by atoms with Crippen molar-refractivity contribution in [1.29, 1.82) is 0 Å². The van der Waals surface area contributed by atoms with Gasteiger partial charge in [-0.3, -0.25) is 9.89 Å². The normalized spacial score (nSPS) is 16.2. The molecule has 0 radical (unpaired) electrons. The summed E-state index contributed by atoms with van der Waals surface area (Å²) in [6, 6.07) is 0.424. The third-order valence-electron chi connectivity index (χ3n) is 3.91. The monoisotopic (exact) mass is 273 g/mol. The Morgan fingerprint density at radius 2 is 2.10 bits per heavy atom. The highest BCUT2D eigenvalue weighted by atomic mass is 16.1. The summed E-state index contributed by atoms with van der Waals surface area (Å²) in [6.07, 6.45) is 9.41. The summed E-state index contributed by atoms with van der Waals surface area (Å²) >= 11 is 0. The van der Waals surface area contributed by atoms with Crippen LogP contribution < -0.4 is 10.6 Å². The second kappa shape index (κ2) is 5.48. The molecule has 6 heteroatoms. The molecule has 2 aromatic rings. The SMILES string of the molecule is CNC(=O)c1cnc2[nH]ncc2c1NC1CCCCC1. The molecule has 0 bridgehead atoms. The van der Waals surface area contributed by atoms with Gasteiger partial charge in [-0.05, 0) is 12.8 Å². The molecule has 1 saturated carbocycles. The van der Waals surface area contributed by atoms with E-state index < -0.39 is 0 Å². The minimum absolute atomic E-state index is 0.126. The second-order valence-corrected chi connectivity index (χ2v) is 5.24. The molecule has 0 saturated heterocycles. The first kappa shape index (κ1) is 12.9. The molecule has 1 fully saturated rings. The quantitative estimate of drug-likeness (QED) is 0.799. The molecule has 3 rings (SSSR count). The van der Waals surface area contributed by atoms with Crippen LogP contribution in [0.15, 0.2) is 12.4 Å². The van der Waals surface area contributed by atoms with Gasteiger partial charge in [-0.2, -0.15) is 5.10 Å². The number of H-pyrrole nitrogens is 1. The van der Waals surface area contributed by atoms with Crippen molar-refractivity contribution in [1.82, 2.24) is 20.5 Å². The fourth-order valence-corrected chi connectivity index (χ4v) is 2.81. The van der Waals surface area contributed by atoms with Crippen molar-refractivity contribution >= 4 is 22.6 Å². The molecular weight excluding hydrogens is 254 g/mol. The second-order valence-electron chi connectivity index (χ2n) is 5.24. The maximum absolute atomic E-state index is 12.0. The van der Waals surface area contributed by atoms with Crippen LogP contribution in [0.3, 0.4) is 0 Å². The van der Waals surface area contributed by atoms with Crippen molar-refractivity contribution in [2.75, 3.05) is 12.4 Å². The van der Waals surface area contributed by atoms with Crippen LogP contribution in [0.5, 0.6) is 0 Å². The Morgan fingerprint density at radius 1 is 1.30 bits per heavy atom. The molecule has 6 nitrogen and oxygen atoms in total. The number of aromatic amines is 1. The molecule has 1 aliphatic rings. The molecule has 0 spiro atoms. The van der Waals surface area contributed by atoms with E-state index in [9.17, 15) is 4.79 Å². The highest BCUT2D eigenvalue weighted by Crippen LogP contribution is 2.28. The number of hydrogen-bond acceptors (Lipinski definition) is 4. The minimum atomic E-state index is -0.126. The molecule has 2 aromatic heterocycles. The molecule has 106 valence electrons. The number of aromatic nitrogens is 3. The van der Waals surface area contributed by atoms with E-state index in [2.05, 4.69) is 25.8 Å². The van der Waals surface area contributed by atoms with Crippen molar-refractivity contribution in [2.45, 2.75) is 38.1 Å². The van der Waals surface area contributed by atoms with Gasteiger partial charge in [0.05, 0.1) is 22.8 Å². The van der Waals surface area contributed by atoms with Crippen molar-refractivity contribution in [3.63, 3.8) is 0 Å². The van der Waals surface area contributed by atoms with Gasteiger partial charge in [0, 0.05) is 19.3 Å². The number of rotatable bonds is 3. The maximum Gasteiger partial charge on any atom is 0.254 e. The Morgan fingerprint density at radius 3 is 2.85 bits per heavy atom. The van der Waals surface area contributed by atoms with E-state index in [0.717, 1.165) is 23.9 Å². The van der Waals surface area contributed by atoms with E-state index in [1.165, 1.54) is 19.3 Å². The van der Waals surface area contributed by atoms with Crippen LogP contribution in [0, 0.1) is 0 Å². The predicted octanol–water partition coefficient (Wildman–Crippen LogP) is 2.06. The van der Waals surface area contributed by atoms with Gasteiger partial charge in [0.2, 0.25) is 0 Å². The molecule has 1 aliphatic carbocycles. The Hall–Kier alpha value is -2.11. The van der Waals surface area contributed by atoms with Crippen molar-refractivity contribution in [3.05, 3.63) is 18.0 Å².